The first-order chi connectivity index (χ1) is 12.0. The summed E-state index contributed by atoms with van der Waals surface area (Å²) in [5.74, 6) is 0.463. The number of halogens is 3. The van der Waals surface area contributed by atoms with Crippen molar-refractivity contribution < 1.29 is 8.78 Å². The van der Waals surface area contributed by atoms with Crippen LogP contribution in [0.3, 0.4) is 0 Å². The highest BCUT2D eigenvalue weighted by atomic mass is 35.5. The van der Waals surface area contributed by atoms with E-state index >= 15 is 0 Å². The Morgan fingerprint density at radius 1 is 1.12 bits per heavy atom. The van der Waals surface area contributed by atoms with Gasteiger partial charge in [-0.25, -0.2) is 8.78 Å². The summed E-state index contributed by atoms with van der Waals surface area (Å²) in [5, 5.41) is 12.5. The Hall–Kier alpha value is -2.12. The topological polar surface area (TPSA) is 42.7 Å². The molecule has 25 heavy (non-hydrogen) atoms. The fourth-order valence-electron chi connectivity index (χ4n) is 2.18. The maximum absolute atomic E-state index is 13.8. The minimum absolute atomic E-state index is 0.283. The second kappa shape index (κ2) is 7.84. The summed E-state index contributed by atoms with van der Waals surface area (Å²) in [6.07, 6.45) is 0. The first-order valence-corrected chi connectivity index (χ1v) is 8.84. The van der Waals surface area contributed by atoms with E-state index in [1.54, 1.807) is 24.3 Å². The maximum Gasteiger partial charge on any atom is 0.191 e. The molecule has 0 amide bonds. The Kier molecular flexibility index (Phi) is 5.55. The molecule has 0 saturated carbocycles. The number of aromatic nitrogens is 3. The number of hydrogen-bond donors (Lipinski definition) is 1. The highest BCUT2D eigenvalue weighted by molar-refractivity contribution is 7.98. The van der Waals surface area contributed by atoms with Crippen LogP contribution in [0.2, 0.25) is 5.02 Å². The molecule has 4 nitrogen and oxygen atoms in total. The summed E-state index contributed by atoms with van der Waals surface area (Å²) in [6.45, 7) is 0.441. The van der Waals surface area contributed by atoms with Crippen LogP contribution in [0, 0.1) is 11.6 Å². The van der Waals surface area contributed by atoms with Crippen molar-refractivity contribution in [2.75, 3.05) is 5.32 Å². The lowest BCUT2D eigenvalue weighted by molar-refractivity contribution is 0.617. The molecule has 0 atom stereocenters. The molecule has 1 heterocycles. The minimum atomic E-state index is -0.333. The number of rotatable bonds is 6. The van der Waals surface area contributed by atoms with Crippen LogP contribution in [0.1, 0.15) is 11.4 Å². The lowest BCUT2D eigenvalue weighted by atomic mass is 10.2. The summed E-state index contributed by atoms with van der Waals surface area (Å²) in [4.78, 5) is 0. The van der Waals surface area contributed by atoms with Gasteiger partial charge >= 0.3 is 0 Å². The van der Waals surface area contributed by atoms with Crippen molar-refractivity contribution in [2.24, 2.45) is 7.05 Å². The van der Waals surface area contributed by atoms with Gasteiger partial charge in [-0.2, -0.15) is 0 Å². The molecule has 0 fully saturated rings. The van der Waals surface area contributed by atoms with Crippen molar-refractivity contribution in [1.29, 1.82) is 0 Å². The average Bonchev–Trinajstić information content (AvgIpc) is 2.94. The molecule has 0 unspecified atom stereocenters. The number of nitrogens with one attached hydrogen (secondary N) is 1. The molecule has 1 aromatic heterocycles. The zero-order valence-electron chi connectivity index (χ0n) is 13.3. The fourth-order valence-corrected chi connectivity index (χ4v) is 3.45. The van der Waals surface area contributed by atoms with Crippen molar-refractivity contribution in [3.8, 4) is 0 Å². The van der Waals surface area contributed by atoms with E-state index in [9.17, 15) is 8.78 Å². The third-order valence-corrected chi connectivity index (χ3v) is 5.03. The molecule has 0 bridgehead atoms. The maximum atomic E-state index is 13.8. The van der Waals surface area contributed by atoms with Crippen LogP contribution in [-0.4, -0.2) is 14.8 Å². The molecule has 0 radical (unpaired) electrons. The summed E-state index contributed by atoms with van der Waals surface area (Å²) < 4.78 is 28.6. The molecular weight excluding hydrogens is 366 g/mol. The van der Waals surface area contributed by atoms with Crippen LogP contribution in [0.25, 0.3) is 0 Å². The Balaban J connectivity index is 1.64. The van der Waals surface area contributed by atoms with E-state index in [-0.39, 0.29) is 11.6 Å². The molecule has 8 heteroatoms. The SMILES string of the molecule is Cn1c(CNc2ccc(F)cc2)nnc1SCc1c(F)cccc1Cl. The number of anilines is 1. The summed E-state index contributed by atoms with van der Waals surface area (Å²) >= 11 is 7.40. The molecule has 3 rings (SSSR count). The van der Waals surface area contributed by atoms with Crippen molar-refractivity contribution in [1.82, 2.24) is 14.8 Å². The van der Waals surface area contributed by atoms with E-state index < -0.39 is 0 Å². The van der Waals surface area contributed by atoms with Crippen LogP contribution in [0.15, 0.2) is 47.6 Å². The van der Waals surface area contributed by atoms with Crippen LogP contribution in [0.5, 0.6) is 0 Å². The molecule has 3 aromatic rings. The first-order valence-electron chi connectivity index (χ1n) is 7.48. The first kappa shape index (κ1) is 17.7. The van der Waals surface area contributed by atoms with Crippen molar-refractivity contribution in [3.63, 3.8) is 0 Å². The Bertz CT molecular complexity index is 847. The largest absolute Gasteiger partial charge is 0.378 e. The van der Waals surface area contributed by atoms with E-state index in [0.717, 1.165) is 5.69 Å². The van der Waals surface area contributed by atoms with E-state index in [1.807, 2.05) is 11.6 Å². The quantitative estimate of drug-likeness (QED) is 0.632. The summed E-state index contributed by atoms with van der Waals surface area (Å²) in [6, 6.07) is 10.7. The van der Waals surface area contributed by atoms with Gasteiger partial charge < -0.3 is 9.88 Å². The standard InChI is InChI=1S/C17H15ClF2N4S/c1-24-16(9-21-12-7-5-11(19)6-8-12)22-23-17(24)25-10-13-14(18)3-2-4-15(13)20/h2-8,21H,9-10H2,1H3. The van der Waals surface area contributed by atoms with Gasteiger partial charge in [-0.05, 0) is 36.4 Å². The van der Waals surface area contributed by atoms with Gasteiger partial charge in [0.25, 0.3) is 0 Å². The second-order valence-electron chi connectivity index (χ2n) is 5.31. The third kappa shape index (κ3) is 4.29. The normalized spacial score (nSPS) is 10.9. The summed E-state index contributed by atoms with van der Waals surface area (Å²) in [5.41, 5.74) is 1.24. The van der Waals surface area contributed by atoms with Gasteiger partial charge in [0.15, 0.2) is 11.0 Å². The number of thioether (sulfide) groups is 1. The molecule has 130 valence electrons. The molecule has 2 aromatic carbocycles. The predicted molar refractivity (Wildman–Crippen MR) is 95.7 cm³/mol. The third-order valence-electron chi connectivity index (χ3n) is 3.63. The van der Waals surface area contributed by atoms with Crippen molar-refractivity contribution in [3.05, 3.63) is 70.5 Å². The zero-order chi connectivity index (χ0) is 17.8. The molecular formula is C17H15ClF2N4S. The molecule has 0 aliphatic carbocycles. The van der Waals surface area contributed by atoms with Crippen molar-refractivity contribution >= 4 is 29.1 Å². The van der Waals surface area contributed by atoms with E-state index in [1.165, 1.54) is 30.0 Å². The Labute approximate surface area is 153 Å². The molecule has 0 spiro atoms. The van der Waals surface area contributed by atoms with Crippen LogP contribution in [0.4, 0.5) is 14.5 Å². The van der Waals surface area contributed by atoms with Gasteiger partial charge in [0, 0.05) is 29.1 Å². The predicted octanol–water partition coefficient (Wildman–Crippen LogP) is 4.65. The summed E-state index contributed by atoms with van der Waals surface area (Å²) in [7, 11) is 1.84. The average molecular weight is 381 g/mol. The molecule has 0 saturated heterocycles. The highest BCUT2D eigenvalue weighted by Gasteiger charge is 2.12. The smallest absolute Gasteiger partial charge is 0.191 e. The number of benzene rings is 2. The highest BCUT2D eigenvalue weighted by Crippen LogP contribution is 2.27. The second-order valence-corrected chi connectivity index (χ2v) is 6.66. The number of nitrogens with zero attached hydrogens (tertiary/aromatic N) is 3. The van der Waals surface area contributed by atoms with Gasteiger partial charge in [-0.1, -0.05) is 29.4 Å². The van der Waals surface area contributed by atoms with Gasteiger partial charge in [-0.3, -0.25) is 0 Å². The number of hydrogen-bond acceptors (Lipinski definition) is 4. The molecule has 0 aliphatic heterocycles. The molecule has 1 N–H and O–H groups in total. The van der Waals surface area contributed by atoms with Crippen LogP contribution in [-0.2, 0) is 19.3 Å². The minimum Gasteiger partial charge on any atom is -0.378 e. The molecule has 0 aliphatic rings. The Morgan fingerprint density at radius 2 is 1.88 bits per heavy atom. The lowest BCUT2D eigenvalue weighted by Gasteiger charge is -2.07. The van der Waals surface area contributed by atoms with Gasteiger partial charge in [0.2, 0.25) is 0 Å². The van der Waals surface area contributed by atoms with Crippen LogP contribution >= 0.6 is 23.4 Å². The fraction of sp³-hybridized carbons (Fsp3) is 0.176. The van der Waals surface area contributed by atoms with Gasteiger partial charge in [0.05, 0.1) is 6.54 Å². The van der Waals surface area contributed by atoms with E-state index in [0.29, 0.717) is 33.9 Å². The van der Waals surface area contributed by atoms with Gasteiger partial charge in [-0.15, -0.1) is 10.2 Å². The van der Waals surface area contributed by atoms with Crippen LogP contribution < -0.4 is 5.32 Å². The van der Waals surface area contributed by atoms with Gasteiger partial charge in [0.1, 0.15) is 11.6 Å². The Morgan fingerprint density at radius 3 is 2.60 bits per heavy atom. The lowest BCUT2D eigenvalue weighted by Crippen LogP contribution is -2.06. The monoisotopic (exact) mass is 380 g/mol. The van der Waals surface area contributed by atoms with E-state index in [4.69, 9.17) is 11.6 Å². The van der Waals surface area contributed by atoms with E-state index in [2.05, 4.69) is 15.5 Å². The zero-order valence-corrected chi connectivity index (χ0v) is 14.9. The van der Waals surface area contributed by atoms with Crippen molar-refractivity contribution in [2.45, 2.75) is 17.5 Å².